The smallest absolute Gasteiger partial charge is 0.145 e. The van der Waals surface area contributed by atoms with Crippen molar-refractivity contribution >= 4 is 11.6 Å². The summed E-state index contributed by atoms with van der Waals surface area (Å²) in [4.78, 5) is 9.13. The van der Waals surface area contributed by atoms with Gasteiger partial charge in [0, 0.05) is 18.0 Å². The van der Waals surface area contributed by atoms with E-state index in [0.717, 1.165) is 17.5 Å². The number of nitrogen functional groups attached to an aromatic ring is 1. The van der Waals surface area contributed by atoms with Gasteiger partial charge in [-0.15, -0.1) is 0 Å². The van der Waals surface area contributed by atoms with Crippen molar-refractivity contribution < 1.29 is 0 Å². The molecule has 1 aromatic rings. The van der Waals surface area contributed by atoms with Gasteiger partial charge in [-0.2, -0.15) is 0 Å². The molecule has 2 fully saturated rings. The van der Waals surface area contributed by atoms with Crippen molar-refractivity contribution in [3.05, 3.63) is 11.9 Å². The van der Waals surface area contributed by atoms with Crippen LogP contribution in [0.15, 0.2) is 6.07 Å². The number of nitrogens with zero attached hydrogens (tertiary/aromatic N) is 2. The molecule has 2 aliphatic rings. The summed E-state index contributed by atoms with van der Waals surface area (Å²) < 4.78 is 0. The second-order valence-corrected chi connectivity index (χ2v) is 6.10. The molecule has 2 aliphatic carbocycles. The van der Waals surface area contributed by atoms with Crippen LogP contribution in [0, 0.1) is 0 Å². The molecule has 5 heteroatoms. The molecule has 0 aromatic carbocycles. The zero-order valence-corrected chi connectivity index (χ0v) is 12.1. The summed E-state index contributed by atoms with van der Waals surface area (Å²) in [6, 6.07) is 2.47. The van der Waals surface area contributed by atoms with Gasteiger partial charge in [0.05, 0.1) is 0 Å². The average Bonchev–Trinajstić information content (AvgIpc) is 3.26. The molecule has 0 atom stereocenters. The Hall–Kier alpha value is -1.36. The average molecular weight is 275 g/mol. The second-order valence-electron chi connectivity index (χ2n) is 6.10. The van der Waals surface area contributed by atoms with E-state index in [1.807, 2.05) is 6.07 Å². The lowest BCUT2D eigenvalue weighted by Gasteiger charge is -2.22. The number of aromatic nitrogens is 2. The topological polar surface area (TPSA) is 75.9 Å². The van der Waals surface area contributed by atoms with E-state index in [2.05, 4.69) is 20.7 Å². The number of rotatable bonds is 4. The molecule has 0 saturated heterocycles. The van der Waals surface area contributed by atoms with Crippen molar-refractivity contribution in [2.45, 2.75) is 69.7 Å². The summed E-state index contributed by atoms with van der Waals surface area (Å²) in [5.41, 5.74) is 2.66. The van der Waals surface area contributed by atoms with E-state index in [4.69, 9.17) is 5.84 Å². The first-order valence-electron chi connectivity index (χ1n) is 7.97. The van der Waals surface area contributed by atoms with Crippen LogP contribution in [0.2, 0.25) is 0 Å². The molecule has 0 radical (unpaired) electrons. The van der Waals surface area contributed by atoms with Gasteiger partial charge in [-0.05, 0) is 25.7 Å². The Labute approximate surface area is 120 Å². The van der Waals surface area contributed by atoms with Gasteiger partial charge in [-0.25, -0.2) is 15.8 Å². The molecule has 3 rings (SSSR count). The van der Waals surface area contributed by atoms with Crippen molar-refractivity contribution in [1.82, 2.24) is 9.97 Å². The largest absolute Gasteiger partial charge is 0.367 e. The van der Waals surface area contributed by atoms with Crippen molar-refractivity contribution in [2.75, 3.05) is 10.7 Å². The fraction of sp³-hybridized carbons (Fsp3) is 0.733. The maximum atomic E-state index is 5.52. The van der Waals surface area contributed by atoms with E-state index < -0.39 is 0 Å². The molecule has 0 aliphatic heterocycles. The zero-order valence-electron chi connectivity index (χ0n) is 12.1. The highest BCUT2D eigenvalue weighted by Crippen LogP contribution is 2.38. The molecule has 5 nitrogen and oxygen atoms in total. The third-order valence-corrected chi connectivity index (χ3v) is 4.29. The molecule has 4 N–H and O–H groups in total. The highest BCUT2D eigenvalue weighted by molar-refractivity contribution is 5.48. The summed E-state index contributed by atoms with van der Waals surface area (Å²) in [6.45, 7) is 0. The molecular formula is C15H25N5. The lowest BCUT2D eigenvalue weighted by molar-refractivity contribution is 0.470. The van der Waals surface area contributed by atoms with Gasteiger partial charge >= 0.3 is 0 Å². The Morgan fingerprint density at radius 1 is 0.900 bits per heavy atom. The molecule has 0 amide bonds. The SMILES string of the molecule is NNc1cc(NC2CCCCCCC2)nc(C2CC2)n1. The molecule has 0 bridgehead atoms. The predicted molar refractivity (Wildman–Crippen MR) is 81.5 cm³/mol. The van der Waals surface area contributed by atoms with Gasteiger partial charge in [-0.1, -0.05) is 32.1 Å². The maximum absolute atomic E-state index is 5.52. The number of nitrogens with one attached hydrogen (secondary N) is 2. The van der Waals surface area contributed by atoms with Gasteiger partial charge in [0.15, 0.2) is 0 Å². The second kappa shape index (κ2) is 6.39. The number of hydrogen-bond donors (Lipinski definition) is 3. The normalized spacial score (nSPS) is 21.1. The predicted octanol–water partition coefficient (Wildman–Crippen LogP) is 3.16. The van der Waals surface area contributed by atoms with Crippen LogP contribution >= 0.6 is 0 Å². The number of nitrogens with two attached hydrogens (primary N) is 1. The summed E-state index contributed by atoms with van der Waals surface area (Å²) in [5.74, 6) is 8.65. The van der Waals surface area contributed by atoms with Crippen LogP contribution in [0.3, 0.4) is 0 Å². The quantitative estimate of drug-likeness (QED) is 0.581. The molecule has 0 spiro atoms. The number of hydrogen-bond acceptors (Lipinski definition) is 5. The van der Waals surface area contributed by atoms with E-state index in [9.17, 15) is 0 Å². The van der Waals surface area contributed by atoms with E-state index in [1.54, 1.807) is 0 Å². The Bertz CT molecular complexity index is 436. The van der Waals surface area contributed by atoms with Crippen LogP contribution in [-0.4, -0.2) is 16.0 Å². The maximum Gasteiger partial charge on any atom is 0.145 e. The number of anilines is 2. The summed E-state index contributed by atoms with van der Waals surface area (Å²) in [7, 11) is 0. The standard InChI is InChI=1S/C15H25N5/c16-20-14-10-13(18-15(19-14)11-8-9-11)17-12-6-4-2-1-3-5-7-12/h10-12H,1-9,16H2,(H2,17,18,19,20). The lowest BCUT2D eigenvalue weighted by atomic mass is 9.97. The minimum absolute atomic E-state index is 0.543. The Morgan fingerprint density at radius 2 is 1.55 bits per heavy atom. The van der Waals surface area contributed by atoms with E-state index >= 15 is 0 Å². The summed E-state index contributed by atoms with van der Waals surface area (Å²) in [5, 5.41) is 3.60. The van der Waals surface area contributed by atoms with Gasteiger partial charge in [0.25, 0.3) is 0 Å². The fourth-order valence-electron chi connectivity index (χ4n) is 2.95. The molecule has 0 unspecified atom stereocenters. The van der Waals surface area contributed by atoms with Crippen LogP contribution in [0.5, 0.6) is 0 Å². The summed E-state index contributed by atoms with van der Waals surface area (Å²) in [6.07, 6.45) is 11.7. The highest BCUT2D eigenvalue weighted by atomic mass is 15.3. The Kier molecular flexibility index (Phi) is 4.35. The van der Waals surface area contributed by atoms with Gasteiger partial charge in [-0.3, -0.25) is 0 Å². The summed E-state index contributed by atoms with van der Waals surface area (Å²) >= 11 is 0. The van der Waals surface area contributed by atoms with Crippen molar-refractivity contribution in [1.29, 1.82) is 0 Å². The van der Waals surface area contributed by atoms with Crippen molar-refractivity contribution in [2.24, 2.45) is 5.84 Å². The molecule has 20 heavy (non-hydrogen) atoms. The first-order chi connectivity index (χ1) is 9.85. The fourth-order valence-corrected chi connectivity index (χ4v) is 2.95. The minimum atomic E-state index is 0.543. The Balaban J connectivity index is 1.69. The lowest BCUT2D eigenvalue weighted by Crippen LogP contribution is -2.22. The van der Waals surface area contributed by atoms with Crippen molar-refractivity contribution in [3.8, 4) is 0 Å². The van der Waals surface area contributed by atoms with Gasteiger partial charge in [0.2, 0.25) is 0 Å². The van der Waals surface area contributed by atoms with E-state index in [1.165, 1.54) is 57.8 Å². The monoisotopic (exact) mass is 275 g/mol. The van der Waals surface area contributed by atoms with Crippen LogP contribution in [0.1, 0.15) is 69.5 Å². The first-order valence-corrected chi connectivity index (χ1v) is 7.97. The van der Waals surface area contributed by atoms with Crippen LogP contribution < -0.4 is 16.6 Å². The molecule has 2 saturated carbocycles. The van der Waals surface area contributed by atoms with Gasteiger partial charge < -0.3 is 10.7 Å². The first kappa shape index (κ1) is 13.6. The molecular weight excluding hydrogens is 250 g/mol. The van der Waals surface area contributed by atoms with Gasteiger partial charge in [0.1, 0.15) is 17.5 Å². The van der Waals surface area contributed by atoms with E-state index in [0.29, 0.717) is 12.0 Å². The third kappa shape index (κ3) is 3.60. The highest BCUT2D eigenvalue weighted by Gasteiger charge is 2.27. The molecule has 1 heterocycles. The van der Waals surface area contributed by atoms with Crippen LogP contribution in [-0.2, 0) is 0 Å². The zero-order chi connectivity index (χ0) is 13.8. The Morgan fingerprint density at radius 3 is 2.20 bits per heavy atom. The van der Waals surface area contributed by atoms with Crippen molar-refractivity contribution in [3.63, 3.8) is 0 Å². The molecule has 1 aromatic heterocycles. The van der Waals surface area contributed by atoms with Crippen LogP contribution in [0.4, 0.5) is 11.6 Å². The number of hydrazine groups is 1. The third-order valence-electron chi connectivity index (χ3n) is 4.29. The molecule has 110 valence electrons. The van der Waals surface area contributed by atoms with E-state index in [-0.39, 0.29) is 0 Å². The van der Waals surface area contributed by atoms with Crippen LogP contribution in [0.25, 0.3) is 0 Å². The minimum Gasteiger partial charge on any atom is -0.367 e.